The van der Waals surface area contributed by atoms with Crippen LogP contribution in [-0.2, 0) is 25.7 Å². The number of aryl methyl sites for hydroxylation is 1. The standard InChI is InChI=1S/C59H83F2N13O5S/c1-39(41-9-11-42(12-10-41)53-40(2)65-38-80-53)66-55(78)48-30-44(75)34-74(48)56(79)54(57(3,4)5)67-51(76)13-20-70-27-25-69(26-28-70)19-8-18-62-49-32-50(64-37-63-49)72-23-16-59(17-24-72)36-73(35-52(77)68-59)47-31-45(60)43(29-46(47)61)33-71-21-14-58(6,7)15-22-71/h9-12,29,31-32,37-39,44,48,54,75H,8,13-28,30,33-36H2,1-7H3,(H,66,78)(H,67,76)(H,68,77)(H,62,63,64)/t39-,44+,48-,54+/m0/s1. The zero-order valence-corrected chi connectivity index (χ0v) is 48.6. The Kier molecular flexibility index (Phi) is 18.4. The van der Waals surface area contributed by atoms with Crippen LogP contribution in [0.1, 0.15) is 109 Å². The molecule has 0 unspecified atom stereocenters. The lowest BCUT2D eigenvalue weighted by Crippen LogP contribution is -2.66. The summed E-state index contributed by atoms with van der Waals surface area (Å²) in [4.78, 5) is 81.4. The number of benzene rings is 2. The van der Waals surface area contributed by atoms with Gasteiger partial charge in [0, 0.05) is 103 Å². The highest BCUT2D eigenvalue weighted by molar-refractivity contribution is 7.13. The number of anilines is 3. The molecule has 434 valence electrons. The Hall–Kier alpha value is -5.87. The summed E-state index contributed by atoms with van der Waals surface area (Å²) in [5, 5.41) is 23.5. The molecule has 18 nitrogen and oxygen atoms in total. The molecule has 5 fully saturated rings. The molecule has 0 radical (unpaired) electrons. The molecule has 7 heterocycles. The van der Waals surface area contributed by atoms with Gasteiger partial charge in [0.1, 0.15) is 41.7 Å². The number of thiazole rings is 1. The summed E-state index contributed by atoms with van der Waals surface area (Å²) in [6.45, 7) is 23.2. The Labute approximate surface area is 474 Å². The van der Waals surface area contributed by atoms with E-state index in [1.165, 1.54) is 17.0 Å². The van der Waals surface area contributed by atoms with Crippen molar-refractivity contribution in [2.24, 2.45) is 10.8 Å². The normalized spacial score (nSPS) is 21.8. The highest BCUT2D eigenvalue weighted by Crippen LogP contribution is 2.35. The lowest BCUT2D eigenvalue weighted by atomic mass is 9.82. The van der Waals surface area contributed by atoms with Gasteiger partial charge < -0.3 is 50.9 Å². The number of carbonyl (C=O) groups is 4. The Morgan fingerprint density at radius 1 is 0.863 bits per heavy atom. The minimum atomic E-state index is -0.895. The maximum absolute atomic E-state index is 15.7. The first-order valence-electron chi connectivity index (χ1n) is 28.7. The molecule has 80 heavy (non-hydrogen) atoms. The number of aliphatic hydroxyl groups excluding tert-OH is 1. The van der Waals surface area contributed by atoms with E-state index < -0.39 is 40.8 Å². The molecule has 4 atom stereocenters. The molecule has 9 rings (SSSR count). The highest BCUT2D eigenvalue weighted by Gasteiger charge is 2.46. The number of carbonyl (C=O) groups excluding carboxylic acids is 4. The third kappa shape index (κ3) is 14.6. The summed E-state index contributed by atoms with van der Waals surface area (Å²) in [6, 6.07) is 10.4. The predicted octanol–water partition coefficient (Wildman–Crippen LogP) is 5.96. The molecule has 5 aliphatic heterocycles. The van der Waals surface area contributed by atoms with E-state index in [9.17, 15) is 24.3 Å². The molecule has 5 saturated heterocycles. The largest absolute Gasteiger partial charge is 0.391 e. The molecule has 0 aliphatic carbocycles. The molecule has 21 heteroatoms. The van der Waals surface area contributed by atoms with E-state index in [2.05, 4.69) is 69.7 Å². The van der Waals surface area contributed by atoms with Crippen LogP contribution in [0.3, 0.4) is 0 Å². The van der Waals surface area contributed by atoms with Gasteiger partial charge in [0.05, 0.1) is 46.0 Å². The average Bonchev–Trinajstić information content (AvgIpc) is 4.10. The Bertz CT molecular complexity index is 2800. The third-order valence-electron chi connectivity index (χ3n) is 17.1. The van der Waals surface area contributed by atoms with E-state index >= 15 is 8.78 Å². The molecule has 4 amide bonds. The molecule has 1 spiro atoms. The van der Waals surface area contributed by atoms with Gasteiger partial charge in [-0.15, -0.1) is 11.3 Å². The second kappa shape index (κ2) is 25.1. The number of nitrogens with one attached hydrogen (secondary N) is 4. The Balaban J connectivity index is 0.678. The van der Waals surface area contributed by atoms with E-state index in [0.29, 0.717) is 57.7 Å². The van der Waals surface area contributed by atoms with Gasteiger partial charge in [-0.3, -0.25) is 24.1 Å². The summed E-state index contributed by atoms with van der Waals surface area (Å²) in [5.74, 6) is -0.598. The number of amides is 4. The first-order valence-corrected chi connectivity index (χ1v) is 29.6. The fraction of sp³-hybridized carbons (Fsp3) is 0.610. The second-order valence-electron chi connectivity index (χ2n) is 24.9. The summed E-state index contributed by atoms with van der Waals surface area (Å²) in [5.41, 5.74) is 4.26. The maximum atomic E-state index is 15.7. The molecule has 0 saturated carbocycles. The third-order valence-corrected chi connectivity index (χ3v) is 18.1. The number of aromatic nitrogens is 3. The number of hydrogen-bond acceptors (Lipinski definition) is 15. The van der Waals surface area contributed by atoms with Crippen LogP contribution in [0.5, 0.6) is 0 Å². The van der Waals surface area contributed by atoms with Gasteiger partial charge in [-0.05, 0) is 93.6 Å². The number of piperazine rings is 2. The van der Waals surface area contributed by atoms with Gasteiger partial charge in [-0.2, -0.15) is 0 Å². The Morgan fingerprint density at radius 3 is 2.24 bits per heavy atom. The van der Waals surface area contributed by atoms with Crippen molar-refractivity contribution in [3.63, 3.8) is 0 Å². The van der Waals surface area contributed by atoms with Gasteiger partial charge in [0.25, 0.3) is 0 Å². The van der Waals surface area contributed by atoms with Crippen LogP contribution >= 0.6 is 11.3 Å². The molecule has 4 aromatic rings. The van der Waals surface area contributed by atoms with E-state index in [4.69, 9.17) is 0 Å². The molecule has 2 aromatic carbocycles. The van der Waals surface area contributed by atoms with Gasteiger partial charge in [0.2, 0.25) is 23.6 Å². The van der Waals surface area contributed by atoms with Crippen LogP contribution in [-0.4, -0.2) is 179 Å². The fourth-order valence-corrected chi connectivity index (χ4v) is 12.8. The first-order chi connectivity index (χ1) is 38.1. The van der Waals surface area contributed by atoms with Crippen molar-refractivity contribution >= 4 is 52.3 Å². The summed E-state index contributed by atoms with van der Waals surface area (Å²) in [6.07, 6.45) is 5.21. The molecule has 5 aliphatic rings. The Morgan fingerprint density at radius 2 is 1.56 bits per heavy atom. The fourth-order valence-electron chi connectivity index (χ4n) is 12.0. The lowest BCUT2D eigenvalue weighted by Gasteiger charge is -2.48. The van der Waals surface area contributed by atoms with Gasteiger partial charge in [-0.1, -0.05) is 58.9 Å². The van der Waals surface area contributed by atoms with Crippen molar-refractivity contribution in [3.8, 4) is 10.4 Å². The number of piperidine rings is 2. The van der Waals surface area contributed by atoms with E-state index in [1.807, 2.05) is 70.5 Å². The number of halogens is 2. The average molecular weight is 1120 g/mol. The van der Waals surface area contributed by atoms with Crippen LogP contribution < -0.4 is 31.1 Å². The highest BCUT2D eigenvalue weighted by atomic mass is 32.1. The second-order valence-corrected chi connectivity index (χ2v) is 25.7. The van der Waals surface area contributed by atoms with Crippen molar-refractivity contribution in [1.29, 1.82) is 0 Å². The van der Waals surface area contributed by atoms with Crippen LogP contribution in [0, 0.1) is 29.4 Å². The van der Waals surface area contributed by atoms with Crippen LogP contribution in [0.25, 0.3) is 10.4 Å². The monoisotopic (exact) mass is 1120 g/mol. The zero-order valence-electron chi connectivity index (χ0n) is 47.8. The van der Waals surface area contributed by atoms with Gasteiger partial charge >= 0.3 is 0 Å². The minimum absolute atomic E-state index is 0.00916. The molecular weight excluding hydrogens is 1040 g/mol. The molecule has 0 bridgehead atoms. The SMILES string of the molecule is Cc1ncsc1-c1ccc([C@H](C)NC(=O)[C@@H]2C[C@@H](O)CN2C(=O)[C@@H](NC(=O)CCN2CCN(CCCNc3cc(N4CCC5(CC4)CN(c4cc(F)c(CN6CCC(C)(C)CC6)cc4F)CC(=O)N5)ncn3)CC2)C(C)(C)C)cc1. The first kappa shape index (κ1) is 58.8. The van der Waals surface area contributed by atoms with E-state index in [0.717, 1.165) is 98.4 Å². The lowest BCUT2D eigenvalue weighted by molar-refractivity contribution is -0.144. The summed E-state index contributed by atoms with van der Waals surface area (Å²) < 4.78 is 31.3. The van der Waals surface area contributed by atoms with Crippen LogP contribution in [0.4, 0.5) is 26.1 Å². The van der Waals surface area contributed by atoms with Crippen LogP contribution in [0.2, 0.25) is 0 Å². The van der Waals surface area contributed by atoms with Crippen molar-refractivity contribution < 1.29 is 33.1 Å². The molecule has 5 N–H and O–H groups in total. The topological polar surface area (TPSA) is 195 Å². The van der Waals surface area contributed by atoms with Crippen molar-refractivity contribution in [2.45, 2.75) is 130 Å². The smallest absolute Gasteiger partial charge is 0.246 e. The molecule has 2 aromatic heterocycles. The van der Waals surface area contributed by atoms with Gasteiger partial charge in [0.15, 0.2) is 0 Å². The molecular formula is C59H83F2N13O5S. The number of β-amino-alcohol motifs (C(OH)–C–C–N with tert-alkyl or cyclic N) is 1. The van der Waals surface area contributed by atoms with E-state index in [1.54, 1.807) is 22.6 Å². The van der Waals surface area contributed by atoms with E-state index in [-0.39, 0.29) is 66.7 Å². The summed E-state index contributed by atoms with van der Waals surface area (Å²) in [7, 11) is 0. The van der Waals surface area contributed by atoms with Crippen LogP contribution in [0.15, 0.2) is 54.3 Å². The number of rotatable bonds is 18. The maximum Gasteiger partial charge on any atom is 0.246 e. The quantitative estimate of drug-likeness (QED) is 0.0733. The number of hydrogen-bond donors (Lipinski definition) is 5. The van der Waals surface area contributed by atoms with Crippen molar-refractivity contribution in [2.75, 3.05) is 107 Å². The predicted molar refractivity (Wildman–Crippen MR) is 308 cm³/mol. The summed E-state index contributed by atoms with van der Waals surface area (Å²) >= 11 is 1.58. The van der Waals surface area contributed by atoms with Gasteiger partial charge in [-0.25, -0.2) is 23.7 Å². The van der Waals surface area contributed by atoms with Crippen molar-refractivity contribution in [1.82, 2.24) is 50.5 Å². The number of nitrogens with zero attached hydrogens (tertiary/aromatic N) is 9. The number of aliphatic hydroxyl groups is 1. The number of likely N-dealkylation sites (tertiary alicyclic amines) is 2. The zero-order chi connectivity index (χ0) is 56.9. The minimum Gasteiger partial charge on any atom is -0.391 e. The van der Waals surface area contributed by atoms with Crippen molar-refractivity contribution in [3.05, 3.63) is 82.8 Å².